The summed E-state index contributed by atoms with van der Waals surface area (Å²) in [5.41, 5.74) is 0.176. The van der Waals surface area contributed by atoms with Crippen molar-refractivity contribution in [1.29, 1.82) is 0 Å². The van der Waals surface area contributed by atoms with Gasteiger partial charge in [-0.1, -0.05) is 29.3 Å². The van der Waals surface area contributed by atoms with Gasteiger partial charge in [0.05, 0.1) is 5.41 Å². The molecule has 2 fully saturated rings. The number of halogens is 2. The molecule has 24 heavy (non-hydrogen) atoms. The van der Waals surface area contributed by atoms with Crippen molar-refractivity contribution in [3.63, 3.8) is 0 Å². The maximum Gasteiger partial charge on any atom is 0.303 e. The van der Waals surface area contributed by atoms with Crippen LogP contribution in [-0.2, 0) is 15.0 Å². The van der Waals surface area contributed by atoms with Gasteiger partial charge in [-0.2, -0.15) is 0 Å². The second-order valence-electron chi connectivity index (χ2n) is 6.87. The van der Waals surface area contributed by atoms with Gasteiger partial charge in [-0.15, -0.1) is 0 Å². The summed E-state index contributed by atoms with van der Waals surface area (Å²) >= 11 is 12.7. The molecule has 130 valence electrons. The molecule has 1 aromatic carbocycles. The van der Waals surface area contributed by atoms with E-state index in [-0.39, 0.29) is 18.2 Å². The number of likely N-dealkylation sites (tertiary alicyclic amines) is 1. The Labute approximate surface area is 151 Å². The van der Waals surface area contributed by atoms with Crippen LogP contribution in [0.5, 0.6) is 0 Å². The topological polar surface area (TPSA) is 57.6 Å². The van der Waals surface area contributed by atoms with Crippen LogP contribution >= 0.6 is 23.2 Å². The molecule has 1 aliphatic carbocycles. The fourth-order valence-electron chi connectivity index (χ4n) is 3.77. The summed E-state index contributed by atoms with van der Waals surface area (Å²) < 4.78 is 0. The highest BCUT2D eigenvalue weighted by Gasteiger charge is 2.55. The third kappa shape index (κ3) is 3.40. The first-order valence-corrected chi connectivity index (χ1v) is 9.15. The molecule has 1 saturated carbocycles. The zero-order valence-electron chi connectivity index (χ0n) is 13.4. The maximum absolute atomic E-state index is 13.2. The van der Waals surface area contributed by atoms with Crippen molar-refractivity contribution in [2.45, 2.75) is 43.9 Å². The minimum Gasteiger partial charge on any atom is -0.481 e. The van der Waals surface area contributed by atoms with Gasteiger partial charge in [-0.25, -0.2) is 0 Å². The number of aliphatic carboxylic acids is 1. The van der Waals surface area contributed by atoms with E-state index in [2.05, 4.69) is 0 Å². The van der Waals surface area contributed by atoms with Gasteiger partial charge >= 0.3 is 5.97 Å². The number of benzene rings is 1. The van der Waals surface area contributed by atoms with Crippen LogP contribution < -0.4 is 0 Å². The van der Waals surface area contributed by atoms with Crippen molar-refractivity contribution < 1.29 is 14.7 Å². The van der Waals surface area contributed by atoms with Crippen LogP contribution in [0.3, 0.4) is 0 Å². The van der Waals surface area contributed by atoms with Crippen LogP contribution in [0.25, 0.3) is 0 Å². The Hall–Kier alpha value is -1.26. The molecule has 1 unspecified atom stereocenters. The van der Waals surface area contributed by atoms with Crippen molar-refractivity contribution in [1.82, 2.24) is 4.90 Å². The van der Waals surface area contributed by atoms with Gasteiger partial charge in [0.15, 0.2) is 0 Å². The smallest absolute Gasteiger partial charge is 0.303 e. The molecule has 4 nitrogen and oxygen atoms in total. The Bertz CT molecular complexity index is 637. The molecule has 6 heteroatoms. The molecule has 1 saturated heterocycles. The molecule has 3 rings (SSSR count). The Morgan fingerprint density at radius 2 is 1.92 bits per heavy atom. The van der Waals surface area contributed by atoms with Gasteiger partial charge in [-0.3, -0.25) is 9.59 Å². The van der Waals surface area contributed by atoms with Gasteiger partial charge in [0.25, 0.3) is 0 Å². The number of carboxylic acid groups (broad SMARTS) is 1. The highest BCUT2D eigenvalue weighted by molar-refractivity contribution is 6.36. The number of rotatable bonds is 5. The van der Waals surface area contributed by atoms with Crippen molar-refractivity contribution in [2.24, 2.45) is 5.92 Å². The van der Waals surface area contributed by atoms with E-state index in [1.54, 1.807) is 18.2 Å². The predicted molar refractivity (Wildman–Crippen MR) is 93.5 cm³/mol. The van der Waals surface area contributed by atoms with E-state index in [0.717, 1.165) is 37.8 Å². The van der Waals surface area contributed by atoms with Crippen molar-refractivity contribution in [2.75, 3.05) is 13.1 Å². The molecular weight excluding hydrogens is 349 g/mol. The number of carboxylic acids is 1. The van der Waals surface area contributed by atoms with E-state index in [0.29, 0.717) is 23.0 Å². The molecule has 1 amide bonds. The van der Waals surface area contributed by atoms with Crippen LogP contribution in [0.15, 0.2) is 18.2 Å². The fraction of sp³-hybridized carbons (Fsp3) is 0.556. The summed E-state index contributed by atoms with van der Waals surface area (Å²) in [4.78, 5) is 25.8. The molecule has 0 spiro atoms. The molecule has 2 aliphatic rings. The second kappa shape index (κ2) is 6.93. The fourth-order valence-corrected chi connectivity index (χ4v) is 4.53. The number of hydrogen-bond acceptors (Lipinski definition) is 2. The van der Waals surface area contributed by atoms with Gasteiger partial charge < -0.3 is 10.0 Å². The molecule has 1 aliphatic heterocycles. The average Bonchev–Trinajstić information content (AvgIpc) is 3.34. The molecule has 1 N–H and O–H groups in total. The van der Waals surface area contributed by atoms with Crippen LogP contribution in [-0.4, -0.2) is 35.0 Å². The second-order valence-corrected chi connectivity index (χ2v) is 7.69. The first kappa shape index (κ1) is 17.6. The Morgan fingerprint density at radius 3 is 2.50 bits per heavy atom. The standard InChI is InChI=1S/C18H21Cl2NO3/c19-13-4-1-5-14(20)16(13)18(8-9-18)17(24)21-10-2-3-12(11-21)6-7-15(22)23/h1,4-5,12H,2-3,6-11H2,(H,22,23). The minimum atomic E-state index is -0.778. The molecule has 1 atom stereocenters. The maximum atomic E-state index is 13.2. The number of nitrogens with zero attached hydrogens (tertiary/aromatic N) is 1. The lowest BCUT2D eigenvalue weighted by atomic mass is 9.89. The normalized spacial score (nSPS) is 22.2. The number of carbonyl (C=O) groups excluding carboxylic acids is 1. The molecule has 0 aromatic heterocycles. The zero-order chi connectivity index (χ0) is 17.3. The average molecular weight is 370 g/mol. The molecule has 0 bridgehead atoms. The molecule has 0 radical (unpaired) electrons. The number of amides is 1. The molecule has 1 aromatic rings. The van der Waals surface area contributed by atoms with Crippen LogP contribution in [0, 0.1) is 5.92 Å². The zero-order valence-corrected chi connectivity index (χ0v) is 14.9. The van der Waals surface area contributed by atoms with E-state index in [9.17, 15) is 9.59 Å². The minimum absolute atomic E-state index is 0.0949. The Kier molecular flexibility index (Phi) is 5.07. The summed E-state index contributed by atoms with van der Waals surface area (Å²) in [6.45, 7) is 1.36. The van der Waals surface area contributed by atoms with Gasteiger partial charge in [0, 0.05) is 35.1 Å². The SMILES string of the molecule is O=C(O)CCC1CCCN(C(=O)C2(c3c(Cl)cccc3Cl)CC2)C1. The predicted octanol–water partition coefficient (Wildman–Crippen LogP) is 4.13. The quantitative estimate of drug-likeness (QED) is 0.848. The summed E-state index contributed by atoms with van der Waals surface area (Å²) in [6.07, 6.45) is 4.23. The van der Waals surface area contributed by atoms with Crippen LogP contribution in [0.2, 0.25) is 10.0 Å². The summed E-state index contributed by atoms with van der Waals surface area (Å²) in [7, 11) is 0. The van der Waals surface area contributed by atoms with E-state index in [1.807, 2.05) is 4.90 Å². The summed E-state index contributed by atoms with van der Waals surface area (Å²) in [5.74, 6) is -0.422. The molecular formula is C18H21Cl2NO3. The summed E-state index contributed by atoms with van der Waals surface area (Å²) in [6, 6.07) is 5.35. The summed E-state index contributed by atoms with van der Waals surface area (Å²) in [5, 5.41) is 9.96. The molecule has 1 heterocycles. The lowest BCUT2D eigenvalue weighted by Crippen LogP contribution is -2.45. The van der Waals surface area contributed by atoms with Gasteiger partial charge in [0.2, 0.25) is 5.91 Å². The van der Waals surface area contributed by atoms with E-state index in [1.165, 1.54) is 0 Å². The third-order valence-corrected chi connectivity index (χ3v) is 5.80. The Balaban J connectivity index is 1.75. The van der Waals surface area contributed by atoms with Crippen LogP contribution in [0.4, 0.5) is 0 Å². The number of carbonyl (C=O) groups is 2. The lowest BCUT2D eigenvalue weighted by molar-refractivity contribution is -0.137. The van der Waals surface area contributed by atoms with Gasteiger partial charge in [0.1, 0.15) is 0 Å². The number of hydrogen-bond donors (Lipinski definition) is 1. The third-order valence-electron chi connectivity index (χ3n) is 5.17. The van der Waals surface area contributed by atoms with Gasteiger partial charge in [-0.05, 0) is 50.2 Å². The first-order chi connectivity index (χ1) is 11.4. The number of piperidine rings is 1. The monoisotopic (exact) mass is 369 g/mol. The largest absolute Gasteiger partial charge is 0.481 e. The van der Waals surface area contributed by atoms with Crippen LogP contribution in [0.1, 0.15) is 44.1 Å². The van der Waals surface area contributed by atoms with E-state index >= 15 is 0 Å². The van der Waals surface area contributed by atoms with E-state index < -0.39 is 11.4 Å². The Morgan fingerprint density at radius 1 is 1.25 bits per heavy atom. The highest BCUT2D eigenvalue weighted by Crippen LogP contribution is 2.54. The lowest BCUT2D eigenvalue weighted by Gasteiger charge is -2.35. The first-order valence-electron chi connectivity index (χ1n) is 8.40. The van der Waals surface area contributed by atoms with Crippen molar-refractivity contribution in [3.05, 3.63) is 33.8 Å². The van der Waals surface area contributed by atoms with Crippen molar-refractivity contribution in [3.8, 4) is 0 Å². The van der Waals surface area contributed by atoms with E-state index in [4.69, 9.17) is 28.3 Å². The highest BCUT2D eigenvalue weighted by atomic mass is 35.5. The van der Waals surface area contributed by atoms with Crippen molar-refractivity contribution >= 4 is 35.1 Å².